The van der Waals surface area contributed by atoms with Crippen molar-refractivity contribution in [2.45, 2.75) is 32.9 Å². The molecule has 0 aliphatic carbocycles. The zero-order valence-electron chi connectivity index (χ0n) is 17.3. The number of likely N-dealkylation sites (N-methyl/N-ethyl adjacent to an activating group) is 1. The largest absolute Gasteiger partial charge is 0.337 e. The highest BCUT2D eigenvalue weighted by Gasteiger charge is 2.31. The molecule has 160 valence electrons. The van der Waals surface area contributed by atoms with Crippen molar-refractivity contribution in [2.24, 2.45) is 0 Å². The summed E-state index contributed by atoms with van der Waals surface area (Å²) in [6.45, 7) is 3.66. The molecule has 0 saturated heterocycles. The van der Waals surface area contributed by atoms with E-state index in [2.05, 4.69) is 10.1 Å². The Morgan fingerprint density at radius 3 is 2.50 bits per heavy atom. The Morgan fingerprint density at radius 2 is 1.93 bits per heavy atom. The summed E-state index contributed by atoms with van der Waals surface area (Å²) < 4.78 is 31.3. The summed E-state index contributed by atoms with van der Waals surface area (Å²) >= 11 is 1.49. The lowest BCUT2D eigenvalue weighted by Crippen LogP contribution is -2.48. The third kappa shape index (κ3) is 4.88. The highest BCUT2D eigenvalue weighted by Crippen LogP contribution is 2.24. The Labute approximate surface area is 180 Å². The molecule has 2 heterocycles. The van der Waals surface area contributed by atoms with E-state index >= 15 is 0 Å². The zero-order chi connectivity index (χ0) is 21.9. The topological polar surface area (TPSA) is 96.6 Å². The van der Waals surface area contributed by atoms with Crippen LogP contribution in [0.5, 0.6) is 0 Å². The van der Waals surface area contributed by atoms with E-state index in [1.165, 1.54) is 16.2 Å². The number of hydrogen-bond donors (Lipinski definition) is 0. The summed E-state index contributed by atoms with van der Waals surface area (Å²) in [6, 6.07) is 9.99. The molecule has 3 rings (SSSR count). The maximum Gasteiger partial charge on any atom is 0.246 e. The van der Waals surface area contributed by atoms with Crippen LogP contribution in [0.4, 0.5) is 5.69 Å². The number of hydrogen-bond acceptors (Lipinski definition) is 7. The predicted octanol–water partition coefficient (Wildman–Crippen LogP) is 3.17. The lowest BCUT2D eigenvalue weighted by atomic mass is 10.1. The van der Waals surface area contributed by atoms with Crippen molar-refractivity contribution in [2.75, 3.05) is 17.6 Å². The highest BCUT2D eigenvalue weighted by molar-refractivity contribution is 7.92. The Bertz CT molecular complexity index is 1090. The Kier molecular flexibility index (Phi) is 6.57. The van der Waals surface area contributed by atoms with Gasteiger partial charge in [-0.15, -0.1) is 11.3 Å². The normalized spacial score (nSPS) is 12.5. The molecule has 2 aromatic heterocycles. The molecule has 0 fully saturated rings. The van der Waals surface area contributed by atoms with Crippen LogP contribution in [0, 0.1) is 0 Å². The van der Waals surface area contributed by atoms with Gasteiger partial charge in [-0.25, -0.2) is 8.42 Å². The summed E-state index contributed by atoms with van der Waals surface area (Å²) in [4.78, 5) is 19.6. The van der Waals surface area contributed by atoms with Crippen LogP contribution in [0.3, 0.4) is 0 Å². The monoisotopic (exact) mass is 448 g/mol. The lowest BCUT2D eigenvalue weighted by molar-refractivity contribution is -0.131. The first-order valence-electron chi connectivity index (χ1n) is 9.40. The summed E-state index contributed by atoms with van der Waals surface area (Å²) in [5.74, 6) is 0.359. The quantitative estimate of drug-likeness (QED) is 0.525. The van der Waals surface area contributed by atoms with E-state index in [-0.39, 0.29) is 18.3 Å². The number of anilines is 1. The van der Waals surface area contributed by atoms with Crippen molar-refractivity contribution in [3.8, 4) is 10.7 Å². The molecule has 0 spiro atoms. The fourth-order valence-corrected chi connectivity index (χ4v) is 4.92. The molecule has 0 aliphatic heterocycles. The Hall–Kier alpha value is -2.72. The number of sulfonamides is 1. The molecule has 30 heavy (non-hydrogen) atoms. The van der Waals surface area contributed by atoms with Crippen LogP contribution in [0.25, 0.3) is 10.7 Å². The van der Waals surface area contributed by atoms with E-state index in [1.54, 1.807) is 26.1 Å². The second-order valence-corrected chi connectivity index (χ2v) is 9.75. The number of rotatable bonds is 8. The molecule has 1 aromatic carbocycles. The highest BCUT2D eigenvalue weighted by atomic mass is 32.2. The number of aromatic nitrogens is 2. The standard InChI is InChI=1S/C20H24N4O4S2/c1-5-15-8-10-16(11-9-15)24(30(4,26)27)14(2)20(25)23(3)13-18-21-19(22-28-18)17-7-6-12-29-17/h6-12,14H,5,13H2,1-4H3. The molecule has 3 aromatic rings. The van der Waals surface area contributed by atoms with Gasteiger partial charge >= 0.3 is 0 Å². The second kappa shape index (κ2) is 8.97. The third-order valence-electron chi connectivity index (χ3n) is 4.62. The van der Waals surface area contributed by atoms with Gasteiger partial charge in [0.25, 0.3) is 0 Å². The van der Waals surface area contributed by atoms with Gasteiger partial charge < -0.3 is 9.42 Å². The number of aryl methyl sites for hydroxylation is 1. The van der Waals surface area contributed by atoms with E-state index < -0.39 is 16.1 Å². The van der Waals surface area contributed by atoms with Crippen LogP contribution >= 0.6 is 11.3 Å². The van der Waals surface area contributed by atoms with Crippen LogP contribution in [0.1, 0.15) is 25.3 Å². The summed E-state index contributed by atoms with van der Waals surface area (Å²) in [5, 5.41) is 5.85. The first-order chi connectivity index (χ1) is 14.2. The van der Waals surface area contributed by atoms with Gasteiger partial charge in [-0.05, 0) is 42.5 Å². The molecule has 1 atom stereocenters. The molecule has 8 nitrogen and oxygen atoms in total. The smallest absolute Gasteiger partial charge is 0.246 e. The van der Waals surface area contributed by atoms with Gasteiger partial charge in [-0.3, -0.25) is 9.10 Å². The van der Waals surface area contributed by atoms with E-state index in [0.29, 0.717) is 11.5 Å². The fraction of sp³-hybridized carbons (Fsp3) is 0.350. The molecule has 0 radical (unpaired) electrons. The molecule has 0 bridgehead atoms. The summed E-state index contributed by atoms with van der Waals surface area (Å²) in [5.41, 5.74) is 1.53. The van der Waals surface area contributed by atoms with Gasteiger partial charge in [0.1, 0.15) is 6.04 Å². The third-order valence-corrected chi connectivity index (χ3v) is 6.73. The molecule has 10 heteroatoms. The van der Waals surface area contributed by atoms with Crippen molar-refractivity contribution < 1.29 is 17.7 Å². The van der Waals surface area contributed by atoms with Gasteiger partial charge in [0.2, 0.25) is 27.6 Å². The first-order valence-corrected chi connectivity index (χ1v) is 12.1. The van der Waals surface area contributed by atoms with Crippen molar-refractivity contribution in [1.82, 2.24) is 15.0 Å². The number of benzene rings is 1. The maximum atomic E-state index is 13.0. The number of carbonyl (C=O) groups is 1. The van der Waals surface area contributed by atoms with Crippen molar-refractivity contribution in [3.63, 3.8) is 0 Å². The molecular weight excluding hydrogens is 424 g/mol. The van der Waals surface area contributed by atoms with Crippen LogP contribution in [-0.4, -0.2) is 48.7 Å². The number of carbonyl (C=O) groups excluding carboxylic acids is 1. The minimum absolute atomic E-state index is 0.0773. The van der Waals surface area contributed by atoms with Crippen LogP contribution in [-0.2, 0) is 27.8 Å². The fourth-order valence-electron chi connectivity index (χ4n) is 3.11. The minimum atomic E-state index is -3.68. The van der Waals surface area contributed by atoms with Crippen LogP contribution in [0.15, 0.2) is 46.3 Å². The zero-order valence-corrected chi connectivity index (χ0v) is 18.9. The minimum Gasteiger partial charge on any atom is -0.337 e. The summed E-state index contributed by atoms with van der Waals surface area (Å²) in [7, 11) is -2.10. The van der Waals surface area contributed by atoms with Gasteiger partial charge in [0.15, 0.2) is 0 Å². The number of amides is 1. The second-order valence-electron chi connectivity index (χ2n) is 6.94. The molecule has 1 amide bonds. The van der Waals surface area contributed by atoms with Gasteiger partial charge in [-0.1, -0.05) is 30.3 Å². The van der Waals surface area contributed by atoms with E-state index in [4.69, 9.17) is 4.52 Å². The first kappa shape index (κ1) is 22.0. The van der Waals surface area contributed by atoms with E-state index in [0.717, 1.165) is 27.4 Å². The summed E-state index contributed by atoms with van der Waals surface area (Å²) in [6.07, 6.45) is 1.93. The Balaban J connectivity index is 1.77. The number of nitrogens with zero attached hydrogens (tertiary/aromatic N) is 4. The molecule has 0 N–H and O–H groups in total. The van der Waals surface area contributed by atoms with Crippen molar-refractivity contribution in [1.29, 1.82) is 0 Å². The SMILES string of the molecule is CCc1ccc(N(C(C)C(=O)N(C)Cc2nc(-c3cccs3)no2)S(C)(=O)=O)cc1. The molecule has 0 aliphatic rings. The van der Waals surface area contributed by atoms with Gasteiger partial charge in [0.05, 0.1) is 23.4 Å². The van der Waals surface area contributed by atoms with Gasteiger partial charge in [0, 0.05) is 7.05 Å². The molecule has 1 unspecified atom stereocenters. The Morgan fingerprint density at radius 1 is 1.23 bits per heavy atom. The average molecular weight is 449 g/mol. The lowest BCUT2D eigenvalue weighted by Gasteiger charge is -2.30. The molecular formula is C20H24N4O4S2. The maximum absolute atomic E-state index is 13.0. The van der Waals surface area contributed by atoms with Crippen molar-refractivity contribution >= 4 is 33.0 Å². The van der Waals surface area contributed by atoms with Crippen LogP contribution < -0.4 is 4.31 Å². The van der Waals surface area contributed by atoms with E-state index in [9.17, 15) is 13.2 Å². The van der Waals surface area contributed by atoms with E-state index in [1.807, 2.05) is 36.6 Å². The number of thiophene rings is 1. The predicted molar refractivity (Wildman–Crippen MR) is 117 cm³/mol. The van der Waals surface area contributed by atoms with Crippen LogP contribution in [0.2, 0.25) is 0 Å². The van der Waals surface area contributed by atoms with Crippen molar-refractivity contribution in [3.05, 3.63) is 53.2 Å². The molecule has 0 saturated carbocycles. The average Bonchev–Trinajstić information content (AvgIpc) is 3.38. The van der Waals surface area contributed by atoms with Gasteiger partial charge in [-0.2, -0.15) is 4.98 Å².